The first kappa shape index (κ1) is 19.5. The van der Waals surface area contributed by atoms with Crippen molar-refractivity contribution >= 4 is 34.3 Å². The molecule has 1 saturated carbocycles. The normalized spacial score (nSPS) is 32.5. The van der Waals surface area contributed by atoms with Gasteiger partial charge < -0.3 is 20.3 Å². The lowest BCUT2D eigenvalue weighted by Crippen LogP contribution is -2.38. The molecule has 9 heteroatoms. The quantitative estimate of drug-likeness (QED) is 0.723. The Hall–Kier alpha value is -2.45. The van der Waals surface area contributed by atoms with Gasteiger partial charge in [-0.3, -0.25) is 4.79 Å². The lowest BCUT2D eigenvalue weighted by molar-refractivity contribution is 0.0694. The third kappa shape index (κ3) is 2.85. The number of nitrogens with zero attached hydrogens (tertiary/aromatic N) is 3. The predicted molar refractivity (Wildman–Crippen MR) is 112 cm³/mol. The summed E-state index contributed by atoms with van der Waals surface area (Å²) in [5, 5.41) is 9.73. The van der Waals surface area contributed by atoms with Crippen LogP contribution in [-0.2, 0) is 0 Å². The van der Waals surface area contributed by atoms with Gasteiger partial charge in [0.15, 0.2) is 0 Å². The lowest BCUT2D eigenvalue weighted by atomic mass is 9.77. The van der Waals surface area contributed by atoms with Gasteiger partial charge in [0.1, 0.15) is 22.6 Å². The van der Waals surface area contributed by atoms with Crippen molar-refractivity contribution in [3.63, 3.8) is 0 Å². The van der Waals surface area contributed by atoms with Crippen molar-refractivity contribution in [1.29, 1.82) is 0 Å². The van der Waals surface area contributed by atoms with E-state index in [1.807, 2.05) is 6.08 Å². The molecule has 30 heavy (non-hydrogen) atoms. The molecular formula is C21H22ClFN4O3. The number of halogens is 2. The molecule has 1 aliphatic heterocycles. The fourth-order valence-electron chi connectivity index (χ4n) is 4.95. The first-order valence-electron chi connectivity index (χ1n) is 10.1. The smallest absolute Gasteiger partial charge is 0.341 e. The Balaban J connectivity index is 1.64. The van der Waals surface area contributed by atoms with Gasteiger partial charge in [-0.2, -0.15) is 0 Å². The Labute approximate surface area is 176 Å². The largest absolute Gasteiger partial charge is 0.477 e. The number of carboxylic acids is 1. The molecular weight excluding hydrogens is 411 g/mol. The molecule has 3 aliphatic rings. The zero-order valence-electron chi connectivity index (χ0n) is 16.3. The van der Waals surface area contributed by atoms with Crippen molar-refractivity contribution in [2.45, 2.75) is 31.6 Å². The zero-order chi connectivity index (χ0) is 21.3. The van der Waals surface area contributed by atoms with Gasteiger partial charge in [-0.25, -0.2) is 14.2 Å². The molecule has 3 N–H and O–H groups in total. The molecule has 7 nitrogen and oxygen atoms in total. The van der Waals surface area contributed by atoms with Gasteiger partial charge in [0.2, 0.25) is 5.43 Å². The van der Waals surface area contributed by atoms with Crippen molar-refractivity contribution in [1.82, 2.24) is 9.55 Å². The number of alkyl halides is 1. The molecule has 2 aromatic heterocycles. The first-order chi connectivity index (χ1) is 14.3. The van der Waals surface area contributed by atoms with Crippen LogP contribution < -0.4 is 16.1 Å². The number of carboxylic acid groups (broad SMARTS) is 1. The summed E-state index contributed by atoms with van der Waals surface area (Å²) in [6.45, 7) is 3.58. The number of carbonyl (C=O) groups is 1. The Bertz CT molecular complexity index is 1130. The van der Waals surface area contributed by atoms with Crippen LogP contribution >= 0.6 is 11.6 Å². The van der Waals surface area contributed by atoms with E-state index in [0.29, 0.717) is 29.7 Å². The predicted octanol–water partition coefficient (Wildman–Crippen LogP) is 2.62. The molecule has 0 bridgehead atoms. The lowest BCUT2D eigenvalue weighted by Gasteiger charge is -2.30. The number of nitrogens with two attached hydrogens (primary N) is 1. The Morgan fingerprint density at radius 2 is 2.03 bits per heavy atom. The number of hydrogen-bond acceptors (Lipinski definition) is 5. The number of pyridine rings is 2. The minimum Gasteiger partial charge on any atom is -0.477 e. The fraction of sp³-hybridized carbons (Fsp3) is 0.476. The summed E-state index contributed by atoms with van der Waals surface area (Å²) in [7, 11) is 0. The number of aromatic nitrogens is 2. The maximum atomic E-state index is 13.9. The van der Waals surface area contributed by atoms with Crippen LogP contribution in [0.2, 0.25) is 5.02 Å². The van der Waals surface area contributed by atoms with Crippen LogP contribution in [0, 0.1) is 17.8 Å². The van der Waals surface area contributed by atoms with Gasteiger partial charge in [-0.15, -0.1) is 0 Å². The van der Waals surface area contributed by atoms with E-state index in [1.165, 1.54) is 17.0 Å². The van der Waals surface area contributed by atoms with Gasteiger partial charge in [0.25, 0.3) is 0 Å². The van der Waals surface area contributed by atoms with Crippen LogP contribution in [0.25, 0.3) is 10.9 Å². The van der Waals surface area contributed by atoms with Gasteiger partial charge in [-0.1, -0.05) is 30.7 Å². The maximum absolute atomic E-state index is 13.9. The topological polar surface area (TPSA) is 101 Å². The summed E-state index contributed by atoms with van der Waals surface area (Å²) in [6, 6.07) is -0.566. The second-order valence-electron chi connectivity index (χ2n) is 8.62. The number of allylic oxidation sites excluding steroid dienone is 1. The van der Waals surface area contributed by atoms with Crippen LogP contribution in [-0.4, -0.2) is 45.9 Å². The molecule has 2 aliphatic carbocycles. The van der Waals surface area contributed by atoms with Gasteiger partial charge >= 0.3 is 5.97 Å². The molecule has 0 aromatic carbocycles. The van der Waals surface area contributed by atoms with E-state index < -0.39 is 29.2 Å². The molecule has 5 rings (SSSR count). The molecule has 2 aromatic rings. The summed E-state index contributed by atoms with van der Waals surface area (Å²) in [5.41, 5.74) is 5.56. The van der Waals surface area contributed by atoms with Crippen LogP contribution in [0.3, 0.4) is 0 Å². The third-order valence-electron chi connectivity index (χ3n) is 6.78. The number of rotatable bonds is 3. The highest BCUT2D eigenvalue weighted by Gasteiger charge is 2.43. The van der Waals surface area contributed by atoms with Gasteiger partial charge in [-0.05, 0) is 11.8 Å². The Morgan fingerprint density at radius 3 is 2.67 bits per heavy atom. The molecule has 0 amide bonds. The van der Waals surface area contributed by atoms with E-state index in [1.54, 1.807) is 0 Å². The van der Waals surface area contributed by atoms with E-state index in [-0.39, 0.29) is 28.8 Å². The van der Waals surface area contributed by atoms with Crippen LogP contribution in [0.4, 0.5) is 10.2 Å². The summed E-state index contributed by atoms with van der Waals surface area (Å²) in [5.74, 6) is 0.188. The Kier molecular flexibility index (Phi) is 4.41. The van der Waals surface area contributed by atoms with E-state index in [2.05, 4.69) is 22.9 Å². The number of fused-ring (bicyclic) bond motifs is 2. The van der Waals surface area contributed by atoms with Crippen LogP contribution in [0.1, 0.15) is 29.7 Å². The molecule has 3 heterocycles. The zero-order valence-corrected chi connectivity index (χ0v) is 17.1. The minimum absolute atomic E-state index is 0.0366. The third-order valence-corrected chi connectivity index (χ3v) is 7.13. The van der Waals surface area contributed by atoms with Gasteiger partial charge in [0, 0.05) is 43.9 Å². The van der Waals surface area contributed by atoms with Gasteiger partial charge in [0.05, 0.1) is 16.9 Å². The highest BCUT2D eigenvalue weighted by molar-refractivity contribution is 6.37. The van der Waals surface area contributed by atoms with E-state index in [0.717, 1.165) is 6.54 Å². The molecule has 0 radical (unpaired) electrons. The highest BCUT2D eigenvalue weighted by Crippen LogP contribution is 2.44. The maximum Gasteiger partial charge on any atom is 0.341 e. The summed E-state index contributed by atoms with van der Waals surface area (Å²) in [6.07, 6.45) is 5.93. The van der Waals surface area contributed by atoms with E-state index in [9.17, 15) is 19.1 Å². The van der Waals surface area contributed by atoms with Crippen molar-refractivity contribution < 1.29 is 14.3 Å². The average Bonchev–Trinajstić information content (AvgIpc) is 3.24. The molecule has 1 saturated heterocycles. The Morgan fingerprint density at radius 1 is 1.33 bits per heavy atom. The SMILES string of the molecule is C[C@H]1C=C[C@@H](N)[C@H]2CN(c3ncc4c(=O)c(C(=O)O)cn([C@@H]5C[C@@H]5F)c4c3Cl)C[C@H]21. The van der Waals surface area contributed by atoms with Crippen molar-refractivity contribution in [3.05, 3.63) is 45.4 Å². The average molecular weight is 433 g/mol. The van der Waals surface area contributed by atoms with E-state index in [4.69, 9.17) is 17.3 Å². The molecule has 0 spiro atoms. The molecule has 158 valence electrons. The standard InChI is InChI=1S/C21H22ClFN4O3/c1-9-2-3-15(24)12-7-26(6-11(9)12)20-17(22)18-10(5-25-20)19(28)13(21(29)30)8-27(18)16-4-14(16)23/h2-3,5,8-9,11-12,14-16H,4,6-7,24H2,1H3,(H,29,30)/t9-,11-,12-,14-,15+,16+/m0/s1. The highest BCUT2D eigenvalue weighted by atomic mass is 35.5. The number of hydrogen-bond donors (Lipinski definition) is 2. The summed E-state index contributed by atoms with van der Waals surface area (Å²) < 4.78 is 15.4. The van der Waals surface area contributed by atoms with Crippen LogP contribution in [0.15, 0.2) is 29.3 Å². The first-order valence-corrected chi connectivity index (χ1v) is 10.4. The molecule has 6 atom stereocenters. The summed E-state index contributed by atoms with van der Waals surface area (Å²) >= 11 is 6.74. The van der Waals surface area contributed by atoms with E-state index >= 15 is 0 Å². The molecule has 0 unspecified atom stereocenters. The second kappa shape index (κ2) is 6.78. The fourth-order valence-corrected chi connectivity index (χ4v) is 5.32. The van der Waals surface area contributed by atoms with Crippen LogP contribution in [0.5, 0.6) is 0 Å². The number of anilines is 1. The monoisotopic (exact) mass is 432 g/mol. The second-order valence-corrected chi connectivity index (χ2v) is 8.99. The summed E-state index contributed by atoms with van der Waals surface area (Å²) in [4.78, 5) is 30.7. The van der Waals surface area contributed by atoms with Crippen molar-refractivity contribution in [2.75, 3.05) is 18.0 Å². The minimum atomic E-state index is -1.36. The van der Waals surface area contributed by atoms with Crippen molar-refractivity contribution in [2.24, 2.45) is 23.5 Å². The van der Waals surface area contributed by atoms with Crippen molar-refractivity contribution in [3.8, 4) is 0 Å². The number of aromatic carboxylic acids is 1. The molecule has 2 fully saturated rings.